The summed E-state index contributed by atoms with van der Waals surface area (Å²) < 4.78 is 1.67. The Balaban J connectivity index is 2.37. The standard InChI is InChI=1S/C7H9N3O2/c11-7(12)5-2-1-3-10-6(5)8-4-9-10/h4-5H,1-3H2,(H,11,12)/t5-/m0/s1. The van der Waals surface area contributed by atoms with Crippen molar-refractivity contribution in [3.63, 3.8) is 0 Å². The van der Waals surface area contributed by atoms with Crippen molar-refractivity contribution in [1.29, 1.82) is 0 Å². The molecule has 0 saturated heterocycles. The Bertz CT molecular complexity index is 307. The Morgan fingerprint density at radius 3 is 3.33 bits per heavy atom. The van der Waals surface area contributed by atoms with E-state index in [2.05, 4.69) is 10.1 Å². The molecule has 0 aliphatic carbocycles. The van der Waals surface area contributed by atoms with Crippen molar-refractivity contribution in [2.75, 3.05) is 0 Å². The van der Waals surface area contributed by atoms with E-state index in [1.165, 1.54) is 6.33 Å². The van der Waals surface area contributed by atoms with E-state index in [1.54, 1.807) is 4.68 Å². The van der Waals surface area contributed by atoms with E-state index in [0.717, 1.165) is 13.0 Å². The van der Waals surface area contributed by atoms with Gasteiger partial charge in [0.1, 0.15) is 18.1 Å². The lowest BCUT2D eigenvalue weighted by Crippen LogP contribution is -2.22. The van der Waals surface area contributed by atoms with Crippen LogP contribution in [0.5, 0.6) is 0 Å². The van der Waals surface area contributed by atoms with Crippen LogP contribution in [0.25, 0.3) is 0 Å². The fourth-order valence-electron chi connectivity index (χ4n) is 1.52. The Morgan fingerprint density at radius 1 is 1.75 bits per heavy atom. The molecule has 0 radical (unpaired) electrons. The van der Waals surface area contributed by atoms with Crippen molar-refractivity contribution in [3.8, 4) is 0 Å². The summed E-state index contributed by atoms with van der Waals surface area (Å²) in [6.07, 6.45) is 2.96. The van der Waals surface area contributed by atoms with Crippen LogP contribution in [0.3, 0.4) is 0 Å². The van der Waals surface area contributed by atoms with Gasteiger partial charge < -0.3 is 5.11 Å². The van der Waals surface area contributed by atoms with Gasteiger partial charge in [-0.15, -0.1) is 0 Å². The van der Waals surface area contributed by atoms with Gasteiger partial charge in [-0.25, -0.2) is 9.67 Å². The van der Waals surface area contributed by atoms with E-state index in [0.29, 0.717) is 12.2 Å². The van der Waals surface area contributed by atoms with E-state index >= 15 is 0 Å². The van der Waals surface area contributed by atoms with Crippen molar-refractivity contribution in [2.45, 2.75) is 25.3 Å². The van der Waals surface area contributed by atoms with Crippen molar-refractivity contribution in [3.05, 3.63) is 12.2 Å². The van der Waals surface area contributed by atoms with Gasteiger partial charge in [0.15, 0.2) is 0 Å². The lowest BCUT2D eigenvalue weighted by molar-refractivity contribution is -0.139. The van der Waals surface area contributed by atoms with Gasteiger partial charge >= 0.3 is 5.97 Å². The van der Waals surface area contributed by atoms with Crippen molar-refractivity contribution in [1.82, 2.24) is 14.8 Å². The molecule has 0 bridgehead atoms. The molecule has 1 aromatic heterocycles. The summed E-state index contributed by atoms with van der Waals surface area (Å²) in [7, 11) is 0. The first kappa shape index (κ1) is 7.27. The van der Waals surface area contributed by atoms with Gasteiger partial charge in [0.2, 0.25) is 0 Å². The van der Waals surface area contributed by atoms with Gasteiger partial charge in [0.05, 0.1) is 0 Å². The molecule has 0 amide bonds. The molecular weight excluding hydrogens is 158 g/mol. The van der Waals surface area contributed by atoms with Crippen LogP contribution in [0.2, 0.25) is 0 Å². The third-order valence-electron chi connectivity index (χ3n) is 2.12. The summed E-state index contributed by atoms with van der Waals surface area (Å²) >= 11 is 0. The first-order valence-corrected chi connectivity index (χ1v) is 3.89. The van der Waals surface area contributed by atoms with Crippen LogP contribution in [0.1, 0.15) is 24.6 Å². The molecule has 2 heterocycles. The van der Waals surface area contributed by atoms with Gasteiger partial charge in [-0.2, -0.15) is 5.10 Å². The molecule has 2 rings (SSSR count). The van der Waals surface area contributed by atoms with E-state index in [1.807, 2.05) is 0 Å². The molecule has 0 spiro atoms. The highest BCUT2D eigenvalue weighted by atomic mass is 16.4. The average molecular weight is 167 g/mol. The smallest absolute Gasteiger partial charge is 0.314 e. The molecule has 0 fully saturated rings. The molecule has 1 atom stereocenters. The fourth-order valence-corrected chi connectivity index (χ4v) is 1.52. The normalized spacial score (nSPS) is 21.8. The average Bonchev–Trinajstić information content (AvgIpc) is 2.49. The summed E-state index contributed by atoms with van der Waals surface area (Å²) in [5, 5.41) is 12.8. The summed E-state index contributed by atoms with van der Waals surface area (Å²) in [5.41, 5.74) is 0. The first-order chi connectivity index (χ1) is 5.79. The summed E-state index contributed by atoms with van der Waals surface area (Å²) in [6.45, 7) is 0.791. The largest absolute Gasteiger partial charge is 0.481 e. The molecule has 1 aromatic rings. The Morgan fingerprint density at radius 2 is 2.58 bits per heavy atom. The van der Waals surface area contributed by atoms with E-state index in [9.17, 15) is 4.79 Å². The van der Waals surface area contributed by atoms with Crippen LogP contribution in [0, 0.1) is 0 Å². The minimum Gasteiger partial charge on any atom is -0.481 e. The number of carbonyl (C=O) groups is 1. The topological polar surface area (TPSA) is 68.0 Å². The van der Waals surface area contributed by atoms with Crippen LogP contribution < -0.4 is 0 Å². The lowest BCUT2D eigenvalue weighted by Gasteiger charge is -2.17. The Hall–Kier alpha value is -1.39. The van der Waals surface area contributed by atoms with E-state index < -0.39 is 11.9 Å². The van der Waals surface area contributed by atoms with Crippen LogP contribution >= 0.6 is 0 Å². The minimum absolute atomic E-state index is 0.457. The van der Waals surface area contributed by atoms with Crippen molar-refractivity contribution < 1.29 is 9.90 Å². The summed E-state index contributed by atoms with van der Waals surface area (Å²) in [4.78, 5) is 14.7. The monoisotopic (exact) mass is 167 g/mol. The molecule has 1 aliphatic rings. The highest BCUT2D eigenvalue weighted by molar-refractivity contribution is 5.74. The van der Waals surface area contributed by atoms with Crippen LogP contribution in [-0.4, -0.2) is 25.8 Å². The zero-order chi connectivity index (χ0) is 8.55. The van der Waals surface area contributed by atoms with Crippen molar-refractivity contribution >= 4 is 5.97 Å². The molecule has 1 N–H and O–H groups in total. The quantitative estimate of drug-likeness (QED) is 0.650. The first-order valence-electron chi connectivity index (χ1n) is 3.89. The van der Waals surface area contributed by atoms with E-state index in [4.69, 9.17) is 5.11 Å². The van der Waals surface area contributed by atoms with Crippen molar-refractivity contribution in [2.24, 2.45) is 0 Å². The molecule has 12 heavy (non-hydrogen) atoms. The number of carboxylic acid groups (broad SMARTS) is 1. The second kappa shape index (κ2) is 2.58. The number of fused-ring (bicyclic) bond motifs is 1. The molecule has 0 aromatic carbocycles. The predicted octanol–water partition coefficient (Wildman–Crippen LogP) is 0.240. The van der Waals surface area contributed by atoms with Crippen LogP contribution in [0.15, 0.2) is 6.33 Å². The number of nitrogens with zero attached hydrogens (tertiary/aromatic N) is 3. The van der Waals surface area contributed by atoms with Gasteiger partial charge in [-0.3, -0.25) is 4.79 Å². The Kier molecular flexibility index (Phi) is 1.56. The molecule has 0 unspecified atom stereocenters. The van der Waals surface area contributed by atoms with Crippen LogP contribution in [-0.2, 0) is 11.3 Å². The minimum atomic E-state index is -0.802. The second-order valence-electron chi connectivity index (χ2n) is 2.87. The maximum absolute atomic E-state index is 10.7. The molecule has 64 valence electrons. The number of hydrogen-bond acceptors (Lipinski definition) is 3. The molecule has 0 saturated carbocycles. The fraction of sp³-hybridized carbons (Fsp3) is 0.571. The summed E-state index contributed by atoms with van der Waals surface area (Å²) in [6, 6.07) is 0. The maximum Gasteiger partial charge on any atom is 0.314 e. The maximum atomic E-state index is 10.7. The predicted molar refractivity (Wildman–Crippen MR) is 39.6 cm³/mol. The Labute approximate surface area is 69.0 Å². The van der Waals surface area contributed by atoms with Gasteiger partial charge in [-0.05, 0) is 12.8 Å². The number of aryl methyl sites for hydroxylation is 1. The number of hydrogen-bond donors (Lipinski definition) is 1. The third-order valence-corrected chi connectivity index (χ3v) is 2.12. The zero-order valence-corrected chi connectivity index (χ0v) is 6.47. The van der Waals surface area contributed by atoms with Gasteiger partial charge in [0, 0.05) is 6.54 Å². The third kappa shape index (κ3) is 0.975. The second-order valence-corrected chi connectivity index (χ2v) is 2.87. The number of carboxylic acids is 1. The number of rotatable bonds is 1. The molecular formula is C7H9N3O2. The number of aromatic nitrogens is 3. The van der Waals surface area contributed by atoms with Crippen LogP contribution in [0.4, 0.5) is 0 Å². The number of aliphatic carboxylic acids is 1. The lowest BCUT2D eigenvalue weighted by atomic mass is 10.00. The van der Waals surface area contributed by atoms with E-state index in [-0.39, 0.29) is 0 Å². The molecule has 5 heteroatoms. The highest BCUT2D eigenvalue weighted by Gasteiger charge is 2.27. The van der Waals surface area contributed by atoms with Gasteiger partial charge in [0.25, 0.3) is 0 Å². The summed E-state index contributed by atoms with van der Waals surface area (Å²) in [5.74, 6) is -0.668. The SMILES string of the molecule is O=C(O)[C@H]1CCCn2ncnc21. The molecule has 1 aliphatic heterocycles. The van der Waals surface area contributed by atoms with Gasteiger partial charge in [-0.1, -0.05) is 0 Å². The molecule has 5 nitrogen and oxygen atoms in total. The zero-order valence-electron chi connectivity index (χ0n) is 6.47. The highest BCUT2D eigenvalue weighted by Crippen LogP contribution is 2.24.